The summed E-state index contributed by atoms with van der Waals surface area (Å²) in [7, 11) is 1.66. The van der Waals surface area contributed by atoms with E-state index in [1.54, 1.807) is 7.11 Å². The molecular formula is C26H20N2O. The fourth-order valence-electron chi connectivity index (χ4n) is 3.92. The van der Waals surface area contributed by atoms with E-state index >= 15 is 0 Å². The minimum absolute atomic E-state index is 0.763. The van der Waals surface area contributed by atoms with Crippen LogP contribution in [0.25, 0.3) is 33.4 Å². The second-order valence-corrected chi connectivity index (χ2v) is 6.85. The average Bonchev–Trinajstić information content (AvgIpc) is 3.10. The lowest BCUT2D eigenvalue weighted by molar-refractivity contribution is 0.416. The molecule has 1 heterocycles. The molecule has 140 valence electrons. The summed E-state index contributed by atoms with van der Waals surface area (Å²) >= 11 is 0. The SMILES string of the molecule is COc1ccccc1N=CC=c1c2cccc3cccc(c32)n1-c1ccccc1. The molecule has 0 radical (unpaired) electrons. The first-order valence-corrected chi connectivity index (χ1v) is 9.61. The molecule has 0 unspecified atom stereocenters. The maximum Gasteiger partial charge on any atom is 0.144 e. The molecule has 0 aliphatic rings. The first kappa shape index (κ1) is 17.3. The van der Waals surface area contributed by atoms with E-state index in [4.69, 9.17) is 4.74 Å². The summed E-state index contributed by atoms with van der Waals surface area (Å²) < 4.78 is 7.71. The van der Waals surface area contributed by atoms with Crippen LogP contribution in [0.4, 0.5) is 5.69 Å². The summed E-state index contributed by atoms with van der Waals surface area (Å²) in [6.07, 6.45) is 3.93. The zero-order chi connectivity index (χ0) is 19.6. The number of para-hydroxylation sites is 3. The summed E-state index contributed by atoms with van der Waals surface area (Å²) in [5, 5.41) is 4.84. The fraction of sp³-hybridized carbons (Fsp3) is 0.0385. The Bertz CT molecular complexity index is 1380. The van der Waals surface area contributed by atoms with Crippen molar-refractivity contribution in [1.29, 1.82) is 0 Å². The van der Waals surface area contributed by atoms with Gasteiger partial charge < -0.3 is 9.30 Å². The van der Waals surface area contributed by atoms with Gasteiger partial charge in [0.15, 0.2) is 0 Å². The molecule has 0 amide bonds. The molecule has 0 aliphatic carbocycles. The zero-order valence-electron chi connectivity index (χ0n) is 16.1. The molecular weight excluding hydrogens is 356 g/mol. The summed E-state index contributed by atoms with van der Waals surface area (Å²) in [6.45, 7) is 0. The third-order valence-electron chi connectivity index (χ3n) is 5.19. The maximum absolute atomic E-state index is 5.41. The van der Waals surface area contributed by atoms with Gasteiger partial charge in [-0.05, 0) is 41.8 Å². The largest absolute Gasteiger partial charge is 0.494 e. The van der Waals surface area contributed by atoms with E-state index < -0.39 is 0 Å². The van der Waals surface area contributed by atoms with E-state index in [9.17, 15) is 0 Å². The summed E-state index contributed by atoms with van der Waals surface area (Å²) in [6, 6.07) is 31.1. The van der Waals surface area contributed by atoms with Gasteiger partial charge in [-0.1, -0.05) is 60.7 Å². The molecule has 0 atom stereocenters. The van der Waals surface area contributed by atoms with Crippen molar-refractivity contribution in [3.63, 3.8) is 0 Å². The molecule has 5 aromatic rings. The lowest BCUT2D eigenvalue weighted by atomic mass is 10.1. The number of aromatic nitrogens is 1. The van der Waals surface area contributed by atoms with Crippen LogP contribution >= 0.6 is 0 Å². The number of benzene rings is 4. The average molecular weight is 376 g/mol. The van der Waals surface area contributed by atoms with Crippen LogP contribution in [-0.4, -0.2) is 17.9 Å². The van der Waals surface area contributed by atoms with Crippen molar-refractivity contribution in [2.45, 2.75) is 0 Å². The van der Waals surface area contributed by atoms with Gasteiger partial charge in [0.2, 0.25) is 0 Å². The Balaban J connectivity index is 1.78. The van der Waals surface area contributed by atoms with Gasteiger partial charge in [0.05, 0.1) is 18.0 Å². The van der Waals surface area contributed by atoms with Gasteiger partial charge in [-0.3, -0.25) is 4.99 Å². The van der Waals surface area contributed by atoms with Gasteiger partial charge in [-0.2, -0.15) is 0 Å². The minimum Gasteiger partial charge on any atom is -0.494 e. The van der Waals surface area contributed by atoms with E-state index in [0.717, 1.165) is 22.5 Å². The monoisotopic (exact) mass is 376 g/mol. The van der Waals surface area contributed by atoms with Gasteiger partial charge in [0.25, 0.3) is 0 Å². The van der Waals surface area contributed by atoms with E-state index in [0.29, 0.717) is 0 Å². The van der Waals surface area contributed by atoms with Gasteiger partial charge in [-0.25, -0.2) is 0 Å². The summed E-state index contributed by atoms with van der Waals surface area (Å²) in [5.41, 5.74) is 3.14. The molecule has 29 heavy (non-hydrogen) atoms. The molecule has 4 aromatic carbocycles. The number of hydrogen-bond donors (Lipinski definition) is 0. The quantitative estimate of drug-likeness (QED) is 0.370. The van der Waals surface area contributed by atoms with Crippen molar-refractivity contribution < 1.29 is 4.74 Å². The van der Waals surface area contributed by atoms with Crippen molar-refractivity contribution in [2.24, 2.45) is 4.99 Å². The first-order chi connectivity index (χ1) is 14.4. The summed E-state index contributed by atoms with van der Waals surface area (Å²) in [5.74, 6) is 0.763. The van der Waals surface area contributed by atoms with Crippen LogP contribution in [0.5, 0.6) is 5.75 Å². The normalized spacial score (nSPS) is 12.4. The number of rotatable bonds is 4. The van der Waals surface area contributed by atoms with E-state index in [1.807, 2.05) is 36.5 Å². The topological polar surface area (TPSA) is 26.5 Å². The van der Waals surface area contributed by atoms with E-state index in [2.05, 4.69) is 76.3 Å². The van der Waals surface area contributed by atoms with Crippen molar-refractivity contribution in [3.05, 3.63) is 96.3 Å². The molecule has 5 rings (SSSR count). The van der Waals surface area contributed by atoms with Gasteiger partial charge in [0, 0.05) is 22.7 Å². The number of hydrogen-bond acceptors (Lipinski definition) is 2. The van der Waals surface area contributed by atoms with E-state index in [-0.39, 0.29) is 0 Å². The van der Waals surface area contributed by atoms with E-state index in [1.165, 1.54) is 21.7 Å². The third kappa shape index (κ3) is 2.97. The highest BCUT2D eigenvalue weighted by molar-refractivity contribution is 6.12. The van der Waals surface area contributed by atoms with Gasteiger partial charge in [0.1, 0.15) is 11.4 Å². The molecule has 1 aromatic heterocycles. The van der Waals surface area contributed by atoms with Crippen molar-refractivity contribution in [1.82, 2.24) is 4.57 Å². The number of methoxy groups -OCH3 is 1. The smallest absolute Gasteiger partial charge is 0.144 e. The maximum atomic E-state index is 5.41. The van der Waals surface area contributed by atoms with Crippen molar-refractivity contribution in [3.8, 4) is 11.4 Å². The van der Waals surface area contributed by atoms with Gasteiger partial charge in [-0.15, -0.1) is 0 Å². The van der Waals surface area contributed by atoms with Crippen LogP contribution in [0.3, 0.4) is 0 Å². The Morgan fingerprint density at radius 1 is 0.793 bits per heavy atom. The first-order valence-electron chi connectivity index (χ1n) is 9.61. The van der Waals surface area contributed by atoms with Crippen LogP contribution in [0.1, 0.15) is 0 Å². The van der Waals surface area contributed by atoms with Crippen LogP contribution in [0, 0.1) is 0 Å². The third-order valence-corrected chi connectivity index (χ3v) is 5.19. The Morgan fingerprint density at radius 2 is 1.55 bits per heavy atom. The highest BCUT2D eigenvalue weighted by Crippen LogP contribution is 2.28. The number of ether oxygens (including phenoxy) is 1. The standard InChI is InChI=1S/C26H20N2O/c1-29-25-16-6-5-14-22(25)27-18-17-23-21-13-7-9-19-10-8-15-24(26(19)21)28(23)20-11-3-2-4-12-20/h2-18H,1H3. The Kier molecular flexibility index (Phi) is 4.34. The second-order valence-electron chi connectivity index (χ2n) is 6.85. The predicted octanol–water partition coefficient (Wildman–Crippen LogP) is 5.69. The molecule has 0 spiro atoms. The lowest BCUT2D eigenvalue weighted by Gasteiger charge is -2.06. The fourth-order valence-corrected chi connectivity index (χ4v) is 3.92. The molecule has 3 nitrogen and oxygen atoms in total. The second kappa shape index (κ2) is 7.28. The number of nitrogens with zero attached hydrogens (tertiary/aromatic N) is 2. The molecule has 0 N–H and O–H groups in total. The molecule has 3 heteroatoms. The minimum atomic E-state index is 0.763. The van der Waals surface area contributed by atoms with Crippen molar-refractivity contribution >= 4 is 39.7 Å². The predicted molar refractivity (Wildman–Crippen MR) is 122 cm³/mol. The van der Waals surface area contributed by atoms with Gasteiger partial charge >= 0.3 is 0 Å². The summed E-state index contributed by atoms with van der Waals surface area (Å²) in [4.78, 5) is 4.64. The highest BCUT2D eigenvalue weighted by atomic mass is 16.5. The molecule has 0 bridgehead atoms. The zero-order valence-corrected chi connectivity index (χ0v) is 16.1. The Labute approximate surface area is 169 Å². The van der Waals surface area contributed by atoms with Crippen LogP contribution in [-0.2, 0) is 0 Å². The molecule has 0 fully saturated rings. The highest BCUT2D eigenvalue weighted by Gasteiger charge is 2.12. The van der Waals surface area contributed by atoms with Crippen LogP contribution in [0.15, 0.2) is 96.0 Å². The van der Waals surface area contributed by atoms with Crippen LogP contribution < -0.4 is 10.1 Å². The molecule has 0 aliphatic heterocycles. The van der Waals surface area contributed by atoms with Crippen molar-refractivity contribution in [2.75, 3.05) is 7.11 Å². The molecule has 0 saturated carbocycles. The van der Waals surface area contributed by atoms with Crippen LogP contribution in [0.2, 0.25) is 0 Å². The number of aliphatic imine (C=N–C) groups is 1. The lowest BCUT2D eigenvalue weighted by Crippen LogP contribution is -2.14. The molecule has 0 saturated heterocycles. The Hall–Kier alpha value is -3.85. The Morgan fingerprint density at radius 3 is 2.38 bits per heavy atom.